The average Bonchev–Trinajstić information content (AvgIpc) is 3.60. The molecule has 3 rings (SSSR count). The van der Waals surface area contributed by atoms with Crippen LogP contribution in [-0.4, -0.2) is 115 Å². The van der Waals surface area contributed by atoms with Gasteiger partial charge in [-0.25, -0.2) is 19.3 Å². The van der Waals surface area contributed by atoms with Crippen molar-refractivity contribution in [2.45, 2.75) is 57.2 Å². The lowest BCUT2D eigenvalue weighted by Gasteiger charge is -2.36. The third-order valence-electron chi connectivity index (χ3n) is 6.92. The van der Waals surface area contributed by atoms with E-state index in [1.165, 1.54) is 0 Å². The van der Waals surface area contributed by atoms with Gasteiger partial charge in [0, 0.05) is 37.0 Å². The molecule has 2 aromatic rings. The number of aliphatic hydroxyl groups excluding tert-OH is 3. The summed E-state index contributed by atoms with van der Waals surface area (Å²) in [7, 11) is -17.6. The van der Waals surface area contributed by atoms with Gasteiger partial charge in [0.1, 0.15) is 36.3 Å². The van der Waals surface area contributed by atoms with Gasteiger partial charge in [-0.3, -0.25) is 28.1 Å². The monoisotopic (exact) mass is 836 g/mol. The van der Waals surface area contributed by atoms with E-state index >= 15 is 0 Å². The number of nitrogens with zero attached hydrogens (tertiary/aromatic N) is 4. The van der Waals surface area contributed by atoms with Crippen LogP contribution in [0.25, 0.3) is 11.2 Å². The summed E-state index contributed by atoms with van der Waals surface area (Å²) in [4.78, 5) is 94.5. The maximum atomic E-state index is 12.4. The van der Waals surface area contributed by atoms with Crippen molar-refractivity contribution in [1.29, 1.82) is 0 Å². The number of hydrogen-bond acceptors (Lipinski definition) is 24. The van der Waals surface area contributed by atoms with Crippen LogP contribution in [0, 0.1) is 5.41 Å². The van der Waals surface area contributed by atoms with E-state index in [9.17, 15) is 63.0 Å². The molecule has 30 heteroatoms. The molecular weight excluding hydrogens is 803 g/mol. The predicted molar refractivity (Wildman–Crippen MR) is 164 cm³/mol. The summed E-state index contributed by atoms with van der Waals surface area (Å²) in [5.74, 6) is -1.76. The number of carbonyl (C=O) groups excluding carboxylic acids is 3. The number of phosphoric acid groups is 3. The van der Waals surface area contributed by atoms with E-state index in [0.29, 0.717) is 11.8 Å². The highest BCUT2D eigenvalue weighted by molar-refractivity contribution is 8.13. The van der Waals surface area contributed by atoms with Crippen molar-refractivity contribution in [3.63, 3.8) is 0 Å². The van der Waals surface area contributed by atoms with Crippen molar-refractivity contribution in [3.05, 3.63) is 12.7 Å². The summed E-state index contributed by atoms with van der Waals surface area (Å²) in [6, 6.07) is 0. The number of phosphoric ester groups is 3. The number of aromatic nitrogens is 4. The molecule has 53 heavy (non-hydrogen) atoms. The highest BCUT2D eigenvalue weighted by atomic mass is 32.2. The Morgan fingerprint density at radius 3 is 2.38 bits per heavy atom. The zero-order valence-electron chi connectivity index (χ0n) is 27.4. The van der Waals surface area contributed by atoms with Crippen molar-refractivity contribution in [1.82, 2.24) is 30.2 Å². The Kier molecular flexibility index (Phi) is 15.6. The number of imidazole rings is 1. The van der Waals surface area contributed by atoms with Crippen molar-refractivity contribution in [2.24, 2.45) is 5.41 Å². The summed E-state index contributed by atoms with van der Waals surface area (Å²) in [5.41, 5.74) is 3.99. The minimum atomic E-state index is -5.93. The van der Waals surface area contributed by atoms with Gasteiger partial charge in [0.2, 0.25) is 16.9 Å². The Morgan fingerprint density at radius 2 is 1.74 bits per heavy atom. The van der Waals surface area contributed by atoms with Crippen LogP contribution in [0.2, 0.25) is 0 Å². The van der Waals surface area contributed by atoms with Crippen molar-refractivity contribution in [3.8, 4) is 0 Å². The molecule has 0 spiro atoms. The van der Waals surface area contributed by atoms with Crippen LogP contribution in [0.5, 0.6) is 0 Å². The first-order valence-corrected chi connectivity index (χ1v) is 20.1. The van der Waals surface area contributed by atoms with Gasteiger partial charge in [0.05, 0.1) is 27.4 Å². The molecule has 1 aliphatic heterocycles. The van der Waals surface area contributed by atoms with E-state index in [0.717, 1.165) is 31.1 Å². The molecule has 7 N–H and O–H groups in total. The van der Waals surface area contributed by atoms with Gasteiger partial charge < -0.3 is 79.2 Å². The number of rotatable bonds is 20. The van der Waals surface area contributed by atoms with Gasteiger partial charge in [0.15, 0.2) is 17.7 Å². The van der Waals surface area contributed by atoms with Crippen LogP contribution >= 0.6 is 35.2 Å². The van der Waals surface area contributed by atoms with E-state index in [4.69, 9.17) is 15.6 Å². The maximum Gasteiger partial charge on any atom is 0.274 e. The number of thioether (sulfide) groups is 1. The highest BCUT2D eigenvalue weighted by Crippen LogP contribution is 2.56. The third-order valence-corrected chi connectivity index (χ3v) is 10.8. The zero-order chi connectivity index (χ0) is 39.9. The van der Waals surface area contributed by atoms with E-state index < -0.39 is 96.0 Å². The van der Waals surface area contributed by atoms with E-state index in [1.807, 2.05) is 0 Å². The number of hydrogen-bond donors (Lipinski definition) is 6. The van der Waals surface area contributed by atoms with Crippen LogP contribution in [0.3, 0.4) is 0 Å². The van der Waals surface area contributed by atoms with Crippen molar-refractivity contribution in [2.75, 3.05) is 37.8 Å². The van der Waals surface area contributed by atoms with Gasteiger partial charge in [-0.1, -0.05) is 25.6 Å². The second-order valence-corrected chi connectivity index (χ2v) is 16.7. The summed E-state index contributed by atoms with van der Waals surface area (Å²) in [5, 5.41) is 43.9. The van der Waals surface area contributed by atoms with Crippen molar-refractivity contribution < 1.29 is 90.7 Å². The van der Waals surface area contributed by atoms with E-state index in [1.54, 1.807) is 0 Å². The number of ether oxygens (including phenoxy) is 1. The minimum absolute atomic E-state index is 0.00764. The molecule has 1 fully saturated rings. The number of carbonyl (C=O) groups is 3. The first kappa shape index (κ1) is 44.9. The first-order valence-electron chi connectivity index (χ1n) is 14.8. The number of anilines is 1. The number of aliphatic hydroxyl groups is 3. The van der Waals surface area contributed by atoms with Gasteiger partial charge in [-0.15, -0.1) is 0 Å². The number of fused-ring (bicyclic) bond motifs is 1. The van der Waals surface area contributed by atoms with E-state index in [2.05, 4.69) is 43.5 Å². The molecule has 1 aliphatic rings. The molecular formula is C23H33N7O19P3S-5. The van der Waals surface area contributed by atoms with Crippen LogP contribution in [0.1, 0.15) is 26.5 Å². The minimum Gasteiger partial charge on any atom is -0.825 e. The zero-order valence-corrected chi connectivity index (χ0v) is 30.9. The molecule has 0 aromatic carbocycles. The fourth-order valence-electron chi connectivity index (χ4n) is 4.33. The lowest BCUT2D eigenvalue weighted by molar-refractivity contribution is -0.459. The summed E-state index contributed by atoms with van der Waals surface area (Å²) in [6.45, 7) is -0.360. The molecule has 0 bridgehead atoms. The normalized spacial score (nSPS) is 22.8. The smallest absolute Gasteiger partial charge is 0.274 e. The molecule has 3 heterocycles. The maximum absolute atomic E-state index is 12.4. The standard InChI is InChI=1S/C23H37N7O19P3S/c1-23(2,16(33)19(34)26-4-3-12(31)25-5-6-53-22(37)21(35)36)8-46-52(43,44)49-51(41,42)45-7-11-15(48-50(38,39)40)14(32)20(47-11)30-10-29-13-17(24)27-9-28-18(13)30/h9-11,14-16,20-21,32-33,35H,3-8H2,1-2H3,(H,25,31)(H,26,34)(H,41,42)(H,43,44)(H2,24,27,28)(H2,38,39,40)/q-1/p-4. The predicted octanol–water partition coefficient (Wildman–Crippen LogP) is -6.18. The Balaban J connectivity index is 1.52. The Bertz CT molecular complexity index is 1760. The number of nitrogens with two attached hydrogens (primary N) is 1. The van der Waals surface area contributed by atoms with Crippen LogP contribution in [0.4, 0.5) is 5.82 Å². The average molecular weight is 837 g/mol. The second-order valence-electron chi connectivity index (χ2n) is 11.5. The molecule has 1 saturated heterocycles. The molecule has 2 amide bonds. The quantitative estimate of drug-likeness (QED) is 0.0410. The van der Waals surface area contributed by atoms with E-state index in [-0.39, 0.29) is 42.2 Å². The first-order chi connectivity index (χ1) is 24.4. The topological polar surface area (TPSA) is 418 Å². The van der Waals surface area contributed by atoms with Crippen LogP contribution in [0.15, 0.2) is 12.7 Å². The Morgan fingerprint density at radius 1 is 1.08 bits per heavy atom. The third kappa shape index (κ3) is 13.3. The summed E-state index contributed by atoms with van der Waals surface area (Å²) in [6.07, 6.45) is -10.2. The van der Waals surface area contributed by atoms with Gasteiger partial charge in [-0.05, 0) is 0 Å². The fourth-order valence-corrected chi connectivity index (χ4v) is 7.61. The molecule has 8 atom stereocenters. The van der Waals surface area contributed by atoms with Crippen LogP contribution < -0.4 is 41.0 Å². The molecule has 26 nitrogen and oxygen atoms in total. The largest absolute Gasteiger partial charge is 0.825 e. The highest BCUT2D eigenvalue weighted by Gasteiger charge is 2.47. The van der Waals surface area contributed by atoms with Gasteiger partial charge >= 0.3 is 0 Å². The molecule has 0 radical (unpaired) electrons. The summed E-state index contributed by atoms with van der Waals surface area (Å²) >= 11 is 0.504. The summed E-state index contributed by atoms with van der Waals surface area (Å²) < 4.78 is 60.1. The number of nitrogen functional groups attached to an aromatic ring is 1. The molecule has 0 saturated carbocycles. The molecule has 300 valence electrons. The lowest BCUT2D eigenvalue weighted by Crippen LogP contribution is -2.46. The Hall–Kier alpha value is -2.52. The molecule has 8 unspecified atom stereocenters. The van der Waals surface area contributed by atoms with Crippen molar-refractivity contribution >= 4 is 69.1 Å². The van der Waals surface area contributed by atoms with Gasteiger partial charge in [0.25, 0.3) is 15.6 Å². The number of amides is 2. The van der Waals surface area contributed by atoms with Crippen LogP contribution in [-0.2, 0) is 50.7 Å². The van der Waals surface area contributed by atoms with Gasteiger partial charge in [-0.2, -0.15) is 0 Å². The SMILES string of the molecule is CC(C)(COP(=O)([O-])OP(=O)([O-])OCC1OC(n2cnc3c(N)ncnc32)C(O)C1OP(=O)([O-])[O-])C(O)C(=O)NCCC(=O)NCCSC(=O)C([O-])O. The molecule has 0 aliphatic carbocycles. The lowest BCUT2D eigenvalue weighted by atomic mass is 9.87. The molecule has 2 aromatic heterocycles. The Labute approximate surface area is 302 Å². The number of nitrogens with one attached hydrogen (secondary N) is 2. The fraction of sp³-hybridized carbons (Fsp3) is 0.652. The second kappa shape index (κ2) is 18.4.